The lowest BCUT2D eigenvalue weighted by molar-refractivity contribution is 1.47. The molecule has 2 N–H and O–H groups in total. The Morgan fingerprint density at radius 2 is 1.94 bits per heavy atom. The zero-order valence-corrected chi connectivity index (χ0v) is 11.3. The number of anilines is 1. The summed E-state index contributed by atoms with van der Waals surface area (Å²) in [7, 11) is 0. The molecule has 0 fully saturated rings. The van der Waals surface area contributed by atoms with Crippen LogP contribution in [-0.2, 0) is 0 Å². The van der Waals surface area contributed by atoms with Crippen molar-refractivity contribution in [2.24, 2.45) is 0 Å². The molecule has 0 spiro atoms. The van der Waals surface area contributed by atoms with Gasteiger partial charge in [0.15, 0.2) is 0 Å². The molecule has 1 aromatic heterocycles. The van der Waals surface area contributed by atoms with Crippen LogP contribution in [0.5, 0.6) is 0 Å². The molecule has 0 radical (unpaired) electrons. The van der Waals surface area contributed by atoms with E-state index < -0.39 is 0 Å². The molecule has 84 valence electrons. The van der Waals surface area contributed by atoms with Crippen molar-refractivity contribution in [3.8, 4) is 10.6 Å². The smallest absolute Gasteiger partial charge is 0.124 e. The van der Waals surface area contributed by atoms with Crippen molar-refractivity contribution in [3.05, 3.63) is 46.9 Å². The highest BCUT2D eigenvalue weighted by molar-refractivity contribution is 9.10. The Hall–Kier alpha value is -1.39. The summed E-state index contributed by atoms with van der Waals surface area (Å²) < 4.78 is 2.17. The van der Waals surface area contributed by atoms with E-state index in [0.717, 1.165) is 26.2 Å². The monoisotopic (exact) mass is 304 g/mol. The Balaban J connectivity index is 2.20. The Bertz CT molecular complexity index is 637. The van der Waals surface area contributed by atoms with E-state index in [0.29, 0.717) is 0 Å². The number of benzene rings is 2. The Morgan fingerprint density at radius 1 is 1.12 bits per heavy atom. The quantitative estimate of drug-likeness (QED) is 0.680. The fourth-order valence-corrected chi connectivity index (χ4v) is 3.20. The highest BCUT2D eigenvalue weighted by Gasteiger charge is 2.06. The van der Waals surface area contributed by atoms with E-state index in [-0.39, 0.29) is 0 Å². The molecule has 0 aliphatic heterocycles. The lowest BCUT2D eigenvalue weighted by Gasteiger charge is -1.99. The van der Waals surface area contributed by atoms with Crippen molar-refractivity contribution < 1.29 is 0 Å². The normalized spacial score (nSPS) is 10.9. The van der Waals surface area contributed by atoms with Gasteiger partial charge < -0.3 is 5.73 Å². The molecule has 0 aliphatic carbocycles. The van der Waals surface area contributed by atoms with Gasteiger partial charge in [-0.25, -0.2) is 4.98 Å². The summed E-state index contributed by atoms with van der Waals surface area (Å²) in [4.78, 5) is 4.61. The van der Waals surface area contributed by atoms with Crippen LogP contribution in [0.4, 0.5) is 5.69 Å². The second-order valence-corrected chi connectivity index (χ2v) is 5.71. The van der Waals surface area contributed by atoms with Crippen LogP contribution in [0, 0.1) is 0 Å². The van der Waals surface area contributed by atoms with Crippen molar-refractivity contribution in [1.29, 1.82) is 0 Å². The molecule has 0 saturated heterocycles. The minimum Gasteiger partial charge on any atom is -0.399 e. The molecule has 0 unspecified atom stereocenters. The summed E-state index contributed by atoms with van der Waals surface area (Å²) in [6.07, 6.45) is 0. The van der Waals surface area contributed by atoms with Crippen LogP contribution in [0.1, 0.15) is 0 Å². The number of halogens is 1. The van der Waals surface area contributed by atoms with E-state index >= 15 is 0 Å². The van der Waals surface area contributed by atoms with Crippen LogP contribution in [0.3, 0.4) is 0 Å². The summed E-state index contributed by atoms with van der Waals surface area (Å²) in [5.74, 6) is 0. The first-order valence-corrected chi connectivity index (χ1v) is 6.75. The summed E-state index contributed by atoms with van der Waals surface area (Å²) >= 11 is 5.13. The molecule has 4 heteroatoms. The number of nitrogen functional groups attached to an aromatic ring is 1. The molecule has 1 heterocycles. The van der Waals surface area contributed by atoms with Gasteiger partial charge in [0.05, 0.1) is 10.2 Å². The van der Waals surface area contributed by atoms with Crippen LogP contribution in [0.15, 0.2) is 46.9 Å². The predicted octanol–water partition coefficient (Wildman–Crippen LogP) is 4.31. The van der Waals surface area contributed by atoms with E-state index in [1.54, 1.807) is 11.3 Å². The molecule has 0 amide bonds. The number of nitrogens with zero attached hydrogens (tertiary/aromatic N) is 1. The molecule has 0 saturated carbocycles. The topological polar surface area (TPSA) is 38.9 Å². The zero-order chi connectivity index (χ0) is 11.8. The van der Waals surface area contributed by atoms with Crippen LogP contribution in [0.2, 0.25) is 0 Å². The van der Waals surface area contributed by atoms with Crippen molar-refractivity contribution >= 4 is 43.2 Å². The van der Waals surface area contributed by atoms with Crippen molar-refractivity contribution in [3.63, 3.8) is 0 Å². The molecule has 17 heavy (non-hydrogen) atoms. The maximum Gasteiger partial charge on any atom is 0.124 e. The van der Waals surface area contributed by atoms with Gasteiger partial charge in [0.1, 0.15) is 5.01 Å². The molecule has 2 nitrogen and oxygen atoms in total. The molecule has 0 atom stereocenters. The maximum absolute atomic E-state index is 5.84. The third-order valence-electron chi connectivity index (χ3n) is 2.46. The average molecular weight is 305 g/mol. The molecule has 0 aliphatic rings. The Labute approximate surface area is 111 Å². The molecule has 3 rings (SSSR count). The number of hydrogen-bond donors (Lipinski definition) is 1. The number of aromatic nitrogens is 1. The van der Waals surface area contributed by atoms with Crippen molar-refractivity contribution in [1.82, 2.24) is 4.98 Å². The van der Waals surface area contributed by atoms with Gasteiger partial charge in [-0.2, -0.15) is 0 Å². The van der Waals surface area contributed by atoms with E-state index in [4.69, 9.17) is 5.73 Å². The van der Waals surface area contributed by atoms with E-state index in [1.807, 2.05) is 36.4 Å². The largest absolute Gasteiger partial charge is 0.399 e. The molecule has 2 aromatic carbocycles. The van der Waals surface area contributed by atoms with Gasteiger partial charge in [-0.15, -0.1) is 11.3 Å². The lowest BCUT2D eigenvalue weighted by Crippen LogP contribution is -1.85. The van der Waals surface area contributed by atoms with Crippen LogP contribution >= 0.6 is 27.3 Å². The number of para-hydroxylation sites is 1. The van der Waals surface area contributed by atoms with Gasteiger partial charge in [-0.3, -0.25) is 0 Å². The van der Waals surface area contributed by atoms with Gasteiger partial charge in [0.25, 0.3) is 0 Å². The molecule has 0 bridgehead atoms. The predicted molar refractivity (Wildman–Crippen MR) is 77.2 cm³/mol. The van der Waals surface area contributed by atoms with Gasteiger partial charge in [0.2, 0.25) is 0 Å². The second kappa shape index (κ2) is 4.13. The maximum atomic E-state index is 5.84. The Morgan fingerprint density at radius 3 is 2.71 bits per heavy atom. The van der Waals surface area contributed by atoms with E-state index in [1.165, 1.54) is 4.70 Å². The first-order chi connectivity index (χ1) is 8.22. The molecule has 3 aromatic rings. The number of hydrogen-bond acceptors (Lipinski definition) is 3. The molecular weight excluding hydrogens is 296 g/mol. The average Bonchev–Trinajstić information content (AvgIpc) is 2.71. The minimum atomic E-state index is 0.744. The Kier molecular flexibility index (Phi) is 2.61. The fraction of sp³-hybridized carbons (Fsp3) is 0. The van der Waals surface area contributed by atoms with Gasteiger partial charge in [-0.1, -0.05) is 28.1 Å². The standard InChI is InChI=1S/C13H9BrN2S/c14-9-5-8(6-10(15)7-9)13-16-11-3-1-2-4-12(11)17-13/h1-7H,15H2. The number of fused-ring (bicyclic) bond motifs is 1. The summed E-state index contributed by atoms with van der Waals surface area (Å²) in [6.45, 7) is 0. The van der Waals surface area contributed by atoms with Crippen LogP contribution < -0.4 is 5.73 Å². The summed E-state index contributed by atoms with van der Waals surface area (Å²) in [6, 6.07) is 14.0. The number of thiazole rings is 1. The highest BCUT2D eigenvalue weighted by Crippen LogP contribution is 2.32. The third-order valence-corrected chi connectivity index (χ3v) is 4.00. The fourth-order valence-electron chi connectivity index (χ4n) is 1.73. The number of rotatable bonds is 1. The summed E-state index contributed by atoms with van der Waals surface area (Å²) in [5, 5.41) is 0.999. The third kappa shape index (κ3) is 2.06. The minimum absolute atomic E-state index is 0.744. The second-order valence-electron chi connectivity index (χ2n) is 3.76. The van der Waals surface area contributed by atoms with E-state index in [2.05, 4.69) is 27.0 Å². The van der Waals surface area contributed by atoms with Crippen LogP contribution in [0.25, 0.3) is 20.8 Å². The number of nitrogens with two attached hydrogens (primary N) is 1. The lowest BCUT2D eigenvalue weighted by atomic mass is 10.2. The highest BCUT2D eigenvalue weighted by atomic mass is 79.9. The van der Waals surface area contributed by atoms with Crippen LogP contribution in [-0.4, -0.2) is 4.98 Å². The van der Waals surface area contributed by atoms with E-state index in [9.17, 15) is 0 Å². The summed E-state index contributed by atoms with van der Waals surface area (Å²) in [5.41, 5.74) is 8.67. The van der Waals surface area contributed by atoms with Gasteiger partial charge in [0, 0.05) is 15.7 Å². The van der Waals surface area contributed by atoms with Gasteiger partial charge >= 0.3 is 0 Å². The first kappa shape index (κ1) is 10.7. The van der Waals surface area contributed by atoms with Crippen molar-refractivity contribution in [2.45, 2.75) is 0 Å². The van der Waals surface area contributed by atoms with Crippen molar-refractivity contribution in [2.75, 3.05) is 5.73 Å². The molecular formula is C13H9BrN2S. The zero-order valence-electron chi connectivity index (χ0n) is 8.85. The SMILES string of the molecule is Nc1cc(Br)cc(-c2nc3ccccc3s2)c1. The first-order valence-electron chi connectivity index (χ1n) is 5.14. The van der Waals surface area contributed by atoms with Gasteiger partial charge in [-0.05, 0) is 30.3 Å².